The molecule has 0 radical (unpaired) electrons. The van der Waals surface area contributed by atoms with E-state index < -0.39 is 0 Å². The van der Waals surface area contributed by atoms with E-state index in [1.807, 2.05) is 0 Å². The van der Waals surface area contributed by atoms with Gasteiger partial charge in [0.05, 0.1) is 6.61 Å². The van der Waals surface area contributed by atoms with Crippen LogP contribution < -0.4 is 4.74 Å². The highest BCUT2D eigenvalue weighted by atomic mass is 16.5. The fraction of sp³-hybridized carbons (Fsp3) is 0.714. The number of hydrogen-bond acceptors (Lipinski definition) is 1. The van der Waals surface area contributed by atoms with Gasteiger partial charge in [-0.25, -0.2) is 0 Å². The molecule has 0 saturated heterocycles. The maximum absolute atomic E-state index is 5.99. The van der Waals surface area contributed by atoms with Gasteiger partial charge in [0, 0.05) is 0 Å². The summed E-state index contributed by atoms with van der Waals surface area (Å²) in [4.78, 5) is 0. The zero-order chi connectivity index (χ0) is 15.8. The summed E-state index contributed by atoms with van der Waals surface area (Å²) in [6.45, 7) is 7.58. The minimum atomic E-state index is 0.714. The molecule has 0 unspecified atom stereocenters. The third-order valence-corrected chi connectivity index (χ3v) is 4.87. The van der Waals surface area contributed by atoms with Crippen LogP contribution in [0.15, 0.2) is 18.2 Å². The van der Waals surface area contributed by atoms with Gasteiger partial charge in [0.25, 0.3) is 0 Å². The highest BCUT2D eigenvalue weighted by Gasteiger charge is 2.12. The van der Waals surface area contributed by atoms with E-state index >= 15 is 0 Å². The average Bonchev–Trinajstić information content (AvgIpc) is 2.49. The van der Waals surface area contributed by atoms with Crippen molar-refractivity contribution in [3.63, 3.8) is 0 Å². The Morgan fingerprint density at radius 3 is 2.55 bits per heavy atom. The molecule has 1 nitrogen and oxygen atoms in total. The van der Waals surface area contributed by atoms with Crippen LogP contribution in [0, 0.1) is 18.8 Å². The number of benzene rings is 1. The van der Waals surface area contributed by atoms with E-state index in [-0.39, 0.29) is 0 Å². The molecule has 1 saturated carbocycles. The molecule has 0 aromatic heterocycles. The highest BCUT2D eigenvalue weighted by Crippen LogP contribution is 2.28. The zero-order valence-electron chi connectivity index (χ0n) is 14.9. The van der Waals surface area contributed by atoms with Crippen LogP contribution in [0.4, 0.5) is 0 Å². The van der Waals surface area contributed by atoms with Crippen LogP contribution in [0.5, 0.6) is 5.75 Å². The molecule has 1 fully saturated rings. The van der Waals surface area contributed by atoms with Gasteiger partial charge in [0.2, 0.25) is 0 Å². The van der Waals surface area contributed by atoms with Crippen LogP contribution in [0.1, 0.15) is 76.3 Å². The lowest BCUT2D eigenvalue weighted by atomic mass is 9.86. The molecule has 0 atom stereocenters. The lowest BCUT2D eigenvalue weighted by molar-refractivity contribution is 0.282. The van der Waals surface area contributed by atoms with Crippen molar-refractivity contribution in [2.45, 2.75) is 78.6 Å². The van der Waals surface area contributed by atoms with Crippen molar-refractivity contribution >= 4 is 0 Å². The number of unbranched alkanes of at least 4 members (excludes halogenated alkanes) is 1. The topological polar surface area (TPSA) is 9.23 Å². The van der Waals surface area contributed by atoms with Gasteiger partial charge in [-0.2, -0.15) is 0 Å². The van der Waals surface area contributed by atoms with E-state index in [1.54, 1.807) is 0 Å². The largest absolute Gasteiger partial charge is 0.493 e. The van der Waals surface area contributed by atoms with Crippen molar-refractivity contribution in [2.24, 2.45) is 11.8 Å². The minimum Gasteiger partial charge on any atom is -0.493 e. The van der Waals surface area contributed by atoms with Gasteiger partial charge in [-0.1, -0.05) is 64.5 Å². The number of aryl methyl sites for hydroxylation is 1. The first-order chi connectivity index (χ1) is 10.6. The van der Waals surface area contributed by atoms with Crippen molar-refractivity contribution in [1.29, 1.82) is 0 Å². The average molecular weight is 303 g/mol. The molecule has 0 aliphatic heterocycles. The van der Waals surface area contributed by atoms with Crippen LogP contribution in [0.2, 0.25) is 0 Å². The Morgan fingerprint density at radius 2 is 1.86 bits per heavy atom. The Hall–Kier alpha value is -0.980. The summed E-state index contributed by atoms with van der Waals surface area (Å²) in [7, 11) is 0. The van der Waals surface area contributed by atoms with Crippen molar-refractivity contribution < 1.29 is 4.74 Å². The third-order valence-electron chi connectivity index (χ3n) is 4.87. The Morgan fingerprint density at radius 1 is 1.09 bits per heavy atom. The van der Waals surface area contributed by atoms with Gasteiger partial charge in [0.1, 0.15) is 5.75 Å². The second kappa shape index (κ2) is 9.22. The van der Waals surface area contributed by atoms with Gasteiger partial charge in [-0.05, 0) is 55.2 Å². The molecule has 1 heteroatoms. The van der Waals surface area contributed by atoms with Gasteiger partial charge in [-0.15, -0.1) is 0 Å². The number of hydrogen-bond donors (Lipinski definition) is 0. The van der Waals surface area contributed by atoms with E-state index in [0.29, 0.717) is 5.92 Å². The molecule has 0 N–H and O–H groups in total. The van der Waals surface area contributed by atoms with E-state index in [4.69, 9.17) is 4.74 Å². The summed E-state index contributed by atoms with van der Waals surface area (Å²) in [5, 5.41) is 0. The monoisotopic (exact) mass is 302 g/mol. The van der Waals surface area contributed by atoms with Crippen LogP contribution in [0.25, 0.3) is 0 Å². The molecule has 1 aliphatic carbocycles. The van der Waals surface area contributed by atoms with Crippen LogP contribution in [-0.2, 0) is 6.42 Å². The molecule has 2 rings (SSSR count). The molecule has 0 bridgehead atoms. The number of ether oxygens (including phenoxy) is 1. The molecule has 0 spiro atoms. The fourth-order valence-electron chi connectivity index (χ4n) is 3.66. The van der Waals surface area contributed by atoms with Crippen LogP contribution in [0.3, 0.4) is 0 Å². The first-order valence-corrected chi connectivity index (χ1v) is 9.37. The van der Waals surface area contributed by atoms with Crippen molar-refractivity contribution in [1.82, 2.24) is 0 Å². The quantitative estimate of drug-likeness (QED) is 0.510. The predicted molar refractivity (Wildman–Crippen MR) is 95.6 cm³/mol. The second-order valence-corrected chi connectivity index (χ2v) is 7.55. The smallest absolute Gasteiger partial charge is 0.122 e. The summed E-state index contributed by atoms with van der Waals surface area (Å²) in [5.41, 5.74) is 2.71. The zero-order valence-corrected chi connectivity index (χ0v) is 14.9. The minimum absolute atomic E-state index is 0.714. The third kappa shape index (κ3) is 6.02. The SMILES string of the molecule is Cc1cc(CC(C)C)ccc1OCCCCC1CCCCC1. The van der Waals surface area contributed by atoms with Crippen molar-refractivity contribution in [3.8, 4) is 5.75 Å². The lowest BCUT2D eigenvalue weighted by Gasteiger charge is -2.21. The van der Waals surface area contributed by atoms with E-state index in [2.05, 4.69) is 39.0 Å². The highest BCUT2D eigenvalue weighted by molar-refractivity contribution is 5.36. The molecule has 1 aromatic rings. The Bertz CT molecular complexity index is 430. The molecule has 0 amide bonds. The summed E-state index contributed by atoms with van der Waals surface area (Å²) < 4.78 is 5.99. The maximum atomic E-state index is 5.99. The van der Waals surface area contributed by atoms with Gasteiger partial charge < -0.3 is 4.74 Å². The first kappa shape index (κ1) is 17.4. The first-order valence-electron chi connectivity index (χ1n) is 9.37. The Kier molecular flexibility index (Phi) is 7.29. The van der Waals surface area contributed by atoms with Crippen LogP contribution >= 0.6 is 0 Å². The molecule has 0 heterocycles. The molecule has 124 valence electrons. The summed E-state index contributed by atoms with van der Waals surface area (Å²) in [6, 6.07) is 6.68. The Labute approximate surface area is 137 Å². The molecular weight excluding hydrogens is 268 g/mol. The van der Waals surface area contributed by atoms with E-state index in [9.17, 15) is 0 Å². The summed E-state index contributed by atoms with van der Waals surface area (Å²) in [6.07, 6.45) is 12.4. The summed E-state index contributed by atoms with van der Waals surface area (Å²) in [5.74, 6) is 2.79. The van der Waals surface area contributed by atoms with Gasteiger partial charge in [0.15, 0.2) is 0 Å². The van der Waals surface area contributed by atoms with Gasteiger partial charge in [-0.3, -0.25) is 0 Å². The normalized spacial score (nSPS) is 16.2. The van der Waals surface area contributed by atoms with E-state index in [1.165, 1.54) is 62.5 Å². The standard InChI is InChI=1S/C21H34O/c1-17(2)15-20-12-13-21(18(3)16-20)22-14-8-7-11-19-9-5-4-6-10-19/h12-13,16-17,19H,4-11,14-15H2,1-3H3. The maximum Gasteiger partial charge on any atom is 0.122 e. The summed E-state index contributed by atoms with van der Waals surface area (Å²) >= 11 is 0. The van der Waals surface area contributed by atoms with Crippen molar-refractivity contribution in [2.75, 3.05) is 6.61 Å². The Balaban J connectivity index is 1.66. The van der Waals surface area contributed by atoms with Gasteiger partial charge >= 0.3 is 0 Å². The predicted octanol–water partition coefficient (Wildman–Crippen LogP) is 6.32. The molecule has 1 aromatic carbocycles. The molecule has 1 aliphatic rings. The van der Waals surface area contributed by atoms with Crippen LogP contribution in [-0.4, -0.2) is 6.61 Å². The fourth-order valence-corrected chi connectivity index (χ4v) is 3.66. The lowest BCUT2D eigenvalue weighted by Crippen LogP contribution is -2.07. The van der Waals surface area contributed by atoms with Crippen molar-refractivity contribution in [3.05, 3.63) is 29.3 Å². The molecule has 22 heavy (non-hydrogen) atoms. The molecular formula is C21H34O. The second-order valence-electron chi connectivity index (χ2n) is 7.55. The number of rotatable bonds is 8. The van der Waals surface area contributed by atoms with E-state index in [0.717, 1.165) is 24.7 Å².